The molecule has 100 valence electrons. The van der Waals surface area contributed by atoms with E-state index in [0.29, 0.717) is 17.9 Å². The normalized spacial score (nSPS) is 22.6. The fourth-order valence-corrected chi connectivity index (χ4v) is 2.58. The second-order valence-electron chi connectivity index (χ2n) is 4.99. The predicted molar refractivity (Wildman–Crippen MR) is 73.0 cm³/mol. The van der Waals surface area contributed by atoms with E-state index in [2.05, 4.69) is 20.8 Å². The molecule has 1 aromatic heterocycles. The smallest absolute Gasteiger partial charge is 0.247 e. The minimum absolute atomic E-state index is 0.300. The van der Waals surface area contributed by atoms with Gasteiger partial charge < -0.3 is 11.1 Å². The van der Waals surface area contributed by atoms with Gasteiger partial charge in [0.05, 0.1) is 5.69 Å². The lowest BCUT2D eigenvalue weighted by Crippen LogP contribution is -2.30. The molecule has 2 unspecified atom stereocenters. The first-order valence-electron chi connectivity index (χ1n) is 6.68. The van der Waals surface area contributed by atoms with Crippen LogP contribution in [0.2, 0.25) is 0 Å². The molecule has 19 heavy (non-hydrogen) atoms. The van der Waals surface area contributed by atoms with Crippen molar-refractivity contribution in [3.63, 3.8) is 0 Å². The van der Waals surface area contributed by atoms with E-state index in [-0.39, 0.29) is 0 Å². The van der Waals surface area contributed by atoms with E-state index in [9.17, 15) is 0 Å². The third-order valence-corrected chi connectivity index (χ3v) is 3.71. The first-order chi connectivity index (χ1) is 9.34. The summed E-state index contributed by atoms with van der Waals surface area (Å²) in [7, 11) is 0. The van der Waals surface area contributed by atoms with Crippen LogP contribution in [-0.4, -0.2) is 32.8 Å². The number of hydrogen-bond acceptors (Lipinski definition) is 5. The van der Waals surface area contributed by atoms with Gasteiger partial charge in [0.2, 0.25) is 5.95 Å². The van der Waals surface area contributed by atoms with Crippen molar-refractivity contribution in [3.05, 3.63) is 30.3 Å². The van der Waals surface area contributed by atoms with Gasteiger partial charge in [-0.3, -0.25) is 0 Å². The average Bonchev–Trinajstić information content (AvgIpc) is 3.06. The van der Waals surface area contributed by atoms with E-state index in [1.807, 2.05) is 30.3 Å². The number of anilines is 1. The molecule has 0 spiro atoms. The number of hydrogen-bond donors (Lipinski definition) is 2. The number of nitrogens with zero attached hydrogens (tertiary/aromatic N) is 4. The number of benzene rings is 1. The van der Waals surface area contributed by atoms with Gasteiger partial charge in [-0.2, -0.15) is 4.68 Å². The van der Waals surface area contributed by atoms with Gasteiger partial charge in [-0.15, -0.1) is 0 Å². The minimum atomic E-state index is 0.300. The molecule has 1 aliphatic rings. The third-order valence-electron chi connectivity index (χ3n) is 3.71. The molecule has 0 bridgehead atoms. The van der Waals surface area contributed by atoms with E-state index >= 15 is 0 Å². The van der Waals surface area contributed by atoms with E-state index in [4.69, 9.17) is 5.73 Å². The molecule has 1 heterocycles. The van der Waals surface area contributed by atoms with Crippen molar-refractivity contribution in [1.29, 1.82) is 0 Å². The zero-order chi connectivity index (χ0) is 13.1. The Hall–Kier alpha value is -1.95. The van der Waals surface area contributed by atoms with Crippen LogP contribution in [0, 0.1) is 5.92 Å². The Bertz CT molecular complexity index is 523. The molecule has 1 saturated carbocycles. The standard InChI is InChI=1S/C13H18N6/c14-12-8-4-5-10(12)9-15-13-16-17-18-19(13)11-6-2-1-3-7-11/h1-3,6-7,10,12H,4-5,8-9,14H2,(H,15,16,18). The molecule has 1 aromatic carbocycles. The molecule has 6 nitrogen and oxygen atoms in total. The minimum Gasteiger partial charge on any atom is -0.352 e. The molecule has 0 amide bonds. The van der Waals surface area contributed by atoms with Crippen LogP contribution in [0.5, 0.6) is 0 Å². The van der Waals surface area contributed by atoms with Gasteiger partial charge in [-0.25, -0.2) is 0 Å². The summed E-state index contributed by atoms with van der Waals surface area (Å²) in [4.78, 5) is 0. The van der Waals surface area contributed by atoms with E-state index in [1.54, 1.807) is 4.68 Å². The van der Waals surface area contributed by atoms with Crippen LogP contribution in [-0.2, 0) is 0 Å². The van der Waals surface area contributed by atoms with Crippen LogP contribution < -0.4 is 11.1 Å². The van der Waals surface area contributed by atoms with Crippen molar-refractivity contribution in [3.8, 4) is 5.69 Å². The Morgan fingerprint density at radius 1 is 1.26 bits per heavy atom. The highest BCUT2D eigenvalue weighted by molar-refractivity contribution is 5.38. The van der Waals surface area contributed by atoms with E-state index < -0.39 is 0 Å². The molecule has 1 fully saturated rings. The number of tetrazole rings is 1. The summed E-state index contributed by atoms with van der Waals surface area (Å²) in [5, 5.41) is 15.1. The number of rotatable bonds is 4. The van der Waals surface area contributed by atoms with Crippen molar-refractivity contribution in [2.45, 2.75) is 25.3 Å². The monoisotopic (exact) mass is 258 g/mol. The van der Waals surface area contributed by atoms with Crippen molar-refractivity contribution >= 4 is 5.95 Å². The molecule has 2 aromatic rings. The Morgan fingerprint density at radius 3 is 2.84 bits per heavy atom. The fourth-order valence-electron chi connectivity index (χ4n) is 2.58. The zero-order valence-corrected chi connectivity index (χ0v) is 10.7. The second kappa shape index (κ2) is 5.36. The summed E-state index contributed by atoms with van der Waals surface area (Å²) in [5.41, 5.74) is 7.02. The predicted octanol–water partition coefficient (Wildman–Crippen LogP) is 1.20. The summed E-state index contributed by atoms with van der Waals surface area (Å²) in [6, 6.07) is 10.2. The summed E-state index contributed by atoms with van der Waals surface area (Å²) < 4.78 is 1.71. The Labute approximate surface area is 112 Å². The maximum absolute atomic E-state index is 6.07. The Morgan fingerprint density at radius 2 is 2.11 bits per heavy atom. The summed E-state index contributed by atoms with van der Waals surface area (Å²) in [6.07, 6.45) is 3.52. The van der Waals surface area contributed by atoms with Gasteiger partial charge in [0.25, 0.3) is 0 Å². The molecular weight excluding hydrogens is 240 g/mol. The summed E-state index contributed by atoms with van der Waals surface area (Å²) in [5.74, 6) is 1.19. The molecule has 0 aliphatic heterocycles. The molecule has 0 saturated heterocycles. The van der Waals surface area contributed by atoms with Crippen LogP contribution in [0.4, 0.5) is 5.95 Å². The third kappa shape index (κ3) is 2.58. The molecule has 3 rings (SSSR count). The van der Waals surface area contributed by atoms with Crippen molar-refractivity contribution in [1.82, 2.24) is 20.2 Å². The number of para-hydroxylation sites is 1. The fraction of sp³-hybridized carbons (Fsp3) is 0.462. The maximum Gasteiger partial charge on any atom is 0.247 e. The van der Waals surface area contributed by atoms with Gasteiger partial charge in [0, 0.05) is 12.6 Å². The highest BCUT2D eigenvalue weighted by atomic mass is 15.6. The highest BCUT2D eigenvalue weighted by Gasteiger charge is 2.24. The van der Waals surface area contributed by atoms with Gasteiger partial charge >= 0.3 is 0 Å². The van der Waals surface area contributed by atoms with Crippen molar-refractivity contribution in [2.24, 2.45) is 11.7 Å². The summed E-state index contributed by atoms with van der Waals surface area (Å²) in [6.45, 7) is 0.828. The number of nitrogens with two attached hydrogens (primary N) is 1. The lowest BCUT2D eigenvalue weighted by Gasteiger charge is -2.16. The van der Waals surface area contributed by atoms with Crippen LogP contribution in [0.3, 0.4) is 0 Å². The summed E-state index contributed by atoms with van der Waals surface area (Å²) >= 11 is 0. The van der Waals surface area contributed by atoms with Gasteiger partial charge in [0.1, 0.15) is 0 Å². The lowest BCUT2D eigenvalue weighted by atomic mass is 10.1. The molecule has 0 radical (unpaired) electrons. The van der Waals surface area contributed by atoms with Crippen LogP contribution in [0.1, 0.15) is 19.3 Å². The topological polar surface area (TPSA) is 81.7 Å². The maximum atomic E-state index is 6.07. The highest BCUT2D eigenvalue weighted by Crippen LogP contribution is 2.24. The largest absolute Gasteiger partial charge is 0.352 e. The van der Waals surface area contributed by atoms with Crippen LogP contribution in [0.15, 0.2) is 30.3 Å². The Balaban J connectivity index is 1.71. The second-order valence-corrected chi connectivity index (χ2v) is 4.99. The number of aromatic nitrogens is 4. The van der Waals surface area contributed by atoms with E-state index in [0.717, 1.165) is 18.7 Å². The molecular formula is C13H18N6. The van der Waals surface area contributed by atoms with Crippen LogP contribution in [0.25, 0.3) is 5.69 Å². The quantitative estimate of drug-likeness (QED) is 0.861. The number of nitrogens with one attached hydrogen (secondary N) is 1. The van der Waals surface area contributed by atoms with Gasteiger partial charge in [0.15, 0.2) is 0 Å². The first-order valence-corrected chi connectivity index (χ1v) is 6.68. The van der Waals surface area contributed by atoms with Crippen LogP contribution >= 0.6 is 0 Å². The molecule has 2 atom stereocenters. The van der Waals surface area contributed by atoms with Crippen molar-refractivity contribution < 1.29 is 0 Å². The first kappa shape index (κ1) is 12.1. The zero-order valence-electron chi connectivity index (χ0n) is 10.7. The average molecular weight is 258 g/mol. The lowest BCUT2D eigenvalue weighted by molar-refractivity contribution is 0.503. The van der Waals surface area contributed by atoms with E-state index in [1.165, 1.54) is 12.8 Å². The van der Waals surface area contributed by atoms with Gasteiger partial charge in [-0.1, -0.05) is 29.7 Å². The van der Waals surface area contributed by atoms with Gasteiger partial charge in [-0.05, 0) is 41.3 Å². The Kier molecular flexibility index (Phi) is 3.41. The molecule has 1 aliphatic carbocycles. The van der Waals surface area contributed by atoms with Crippen molar-refractivity contribution in [2.75, 3.05) is 11.9 Å². The SMILES string of the molecule is NC1CCCC1CNc1nnnn1-c1ccccc1. The molecule has 3 N–H and O–H groups in total. The molecule has 6 heteroatoms.